The van der Waals surface area contributed by atoms with E-state index >= 15 is 0 Å². The van der Waals surface area contributed by atoms with Crippen molar-refractivity contribution in [1.29, 1.82) is 0 Å². The average molecular weight is 622 g/mol. The maximum absolute atomic E-state index is 13.6. The van der Waals surface area contributed by atoms with Crippen LogP contribution in [0.4, 0.5) is 4.39 Å². The lowest BCUT2D eigenvalue weighted by molar-refractivity contribution is -0.132. The predicted octanol–water partition coefficient (Wildman–Crippen LogP) is 3.18. The molecular formula is C33H52FN3O5S. The fourth-order valence-electron chi connectivity index (χ4n) is 5.61. The number of rotatable bonds is 19. The number of aliphatic hydroxyl groups excluding tert-OH is 2. The lowest BCUT2D eigenvalue weighted by Gasteiger charge is -2.33. The van der Waals surface area contributed by atoms with Crippen LogP contribution in [-0.2, 0) is 26.8 Å². The van der Waals surface area contributed by atoms with Gasteiger partial charge in [0.05, 0.1) is 18.1 Å². The van der Waals surface area contributed by atoms with Gasteiger partial charge in [-0.05, 0) is 43.7 Å². The van der Waals surface area contributed by atoms with Crippen LogP contribution in [0.1, 0.15) is 70.8 Å². The van der Waals surface area contributed by atoms with E-state index in [1.165, 1.54) is 11.3 Å². The molecule has 242 valence electrons. The highest BCUT2D eigenvalue weighted by Crippen LogP contribution is 2.29. The molecule has 0 bridgehead atoms. The Morgan fingerprint density at radius 3 is 2.40 bits per heavy atom. The van der Waals surface area contributed by atoms with Crippen LogP contribution < -0.4 is 10.6 Å². The third kappa shape index (κ3) is 13.9. The number of carbonyl (C=O) groups is 2. The van der Waals surface area contributed by atoms with Gasteiger partial charge in [-0.25, -0.2) is 4.39 Å². The van der Waals surface area contributed by atoms with E-state index in [9.17, 15) is 28.4 Å². The number of terminal acetylenes is 1. The number of amides is 2. The van der Waals surface area contributed by atoms with Crippen LogP contribution in [0.2, 0.25) is 0 Å². The number of hydrogen-bond donors (Lipinski definition) is 4. The molecule has 2 rings (SSSR count). The molecule has 4 N–H and O–H groups in total. The summed E-state index contributed by atoms with van der Waals surface area (Å²) in [6.07, 6.45) is 9.96. The maximum Gasteiger partial charge on any atom is 0.243 e. The molecule has 1 aliphatic carbocycles. The Bertz CT molecular complexity index is 1030. The van der Waals surface area contributed by atoms with E-state index in [0.717, 1.165) is 31.2 Å². The van der Waals surface area contributed by atoms with Crippen molar-refractivity contribution in [2.75, 3.05) is 31.9 Å². The van der Waals surface area contributed by atoms with E-state index in [0.29, 0.717) is 25.2 Å². The van der Waals surface area contributed by atoms with Crippen LogP contribution in [0.25, 0.3) is 0 Å². The minimum Gasteiger partial charge on any atom is -0.390 e. The van der Waals surface area contributed by atoms with E-state index in [1.54, 1.807) is 7.05 Å². The van der Waals surface area contributed by atoms with Gasteiger partial charge in [0.1, 0.15) is 18.9 Å². The van der Waals surface area contributed by atoms with Gasteiger partial charge in [0.15, 0.2) is 0 Å². The second-order valence-electron chi connectivity index (χ2n) is 12.4. The second-order valence-corrected chi connectivity index (χ2v) is 14.0. The fraction of sp³-hybridized carbons (Fsp3) is 0.697. The zero-order valence-corrected chi connectivity index (χ0v) is 26.9. The summed E-state index contributed by atoms with van der Waals surface area (Å²) in [6.45, 7) is 3.56. The van der Waals surface area contributed by atoms with Crippen molar-refractivity contribution in [3.05, 3.63) is 35.9 Å². The molecule has 0 spiro atoms. The molecule has 0 heterocycles. The van der Waals surface area contributed by atoms with E-state index in [4.69, 9.17) is 6.42 Å². The third-order valence-corrected chi connectivity index (χ3v) is 9.51. The summed E-state index contributed by atoms with van der Waals surface area (Å²) >= 11 is 0. The van der Waals surface area contributed by atoms with E-state index < -0.39 is 59.6 Å². The first-order valence-electron chi connectivity index (χ1n) is 15.6. The predicted molar refractivity (Wildman–Crippen MR) is 170 cm³/mol. The molecule has 43 heavy (non-hydrogen) atoms. The third-order valence-electron chi connectivity index (χ3n) is 8.10. The van der Waals surface area contributed by atoms with Gasteiger partial charge in [0.2, 0.25) is 11.8 Å². The van der Waals surface area contributed by atoms with Gasteiger partial charge in [0, 0.05) is 35.3 Å². The molecule has 8 nitrogen and oxygen atoms in total. The van der Waals surface area contributed by atoms with Crippen LogP contribution in [0.15, 0.2) is 30.3 Å². The van der Waals surface area contributed by atoms with Crippen molar-refractivity contribution in [1.82, 2.24) is 15.5 Å². The molecule has 0 aliphatic heterocycles. The highest BCUT2D eigenvalue weighted by atomic mass is 32.2. The van der Waals surface area contributed by atoms with E-state index in [2.05, 4.69) is 16.6 Å². The van der Waals surface area contributed by atoms with Gasteiger partial charge in [-0.15, -0.1) is 12.3 Å². The summed E-state index contributed by atoms with van der Waals surface area (Å²) in [5.41, 5.74) is 0.883. The Morgan fingerprint density at radius 1 is 1.12 bits per heavy atom. The smallest absolute Gasteiger partial charge is 0.243 e. The summed E-state index contributed by atoms with van der Waals surface area (Å²) in [7, 11) is 0.195. The first kappa shape index (κ1) is 36.9. The largest absolute Gasteiger partial charge is 0.390 e. The van der Waals surface area contributed by atoms with Crippen molar-refractivity contribution in [2.45, 2.75) is 95.9 Å². The highest BCUT2D eigenvalue weighted by molar-refractivity contribution is 7.85. The van der Waals surface area contributed by atoms with Gasteiger partial charge in [-0.2, -0.15) is 0 Å². The first-order valence-corrected chi connectivity index (χ1v) is 17.1. The molecule has 1 unspecified atom stereocenters. The average Bonchev–Trinajstić information content (AvgIpc) is 2.99. The number of carbonyl (C=O) groups excluding carboxylic acids is 2. The van der Waals surface area contributed by atoms with Gasteiger partial charge in [0.25, 0.3) is 0 Å². The molecule has 1 aliphatic rings. The summed E-state index contributed by atoms with van der Waals surface area (Å²) in [4.78, 5) is 28.6. The summed E-state index contributed by atoms with van der Waals surface area (Å²) < 4.78 is 25.7. The normalized spacial score (nSPS) is 18.3. The molecule has 10 heteroatoms. The molecular weight excluding hydrogens is 569 g/mol. The lowest BCUT2D eigenvalue weighted by Crippen LogP contribution is -2.56. The van der Waals surface area contributed by atoms with Crippen molar-refractivity contribution in [2.24, 2.45) is 17.8 Å². The number of halogens is 1. The first-order chi connectivity index (χ1) is 20.5. The van der Waals surface area contributed by atoms with Crippen molar-refractivity contribution < 1.29 is 28.4 Å². The van der Waals surface area contributed by atoms with E-state index in [1.807, 2.05) is 44.2 Å². The van der Waals surface area contributed by atoms with Gasteiger partial charge in [-0.3, -0.25) is 18.7 Å². The maximum atomic E-state index is 13.6. The Balaban J connectivity index is 2.19. The highest BCUT2D eigenvalue weighted by Gasteiger charge is 2.34. The van der Waals surface area contributed by atoms with Crippen LogP contribution in [0.5, 0.6) is 0 Å². The Labute approximate surface area is 260 Å². The molecule has 1 fully saturated rings. The number of hydrogen-bond acceptors (Lipinski definition) is 6. The number of aliphatic hydroxyl groups is 2. The van der Waals surface area contributed by atoms with Crippen LogP contribution in [-0.4, -0.2) is 87.3 Å². The molecule has 1 saturated carbocycles. The van der Waals surface area contributed by atoms with Gasteiger partial charge >= 0.3 is 0 Å². The van der Waals surface area contributed by atoms with Gasteiger partial charge in [-0.1, -0.05) is 76.3 Å². The molecule has 2 amide bonds. The number of alkyl halides is 1. The standard InChI is InChI=1S/C33H52FN3O5S/c1-5-12-28(33(41)36-29(21-26-15-10-7-11-16-26)31(39)30(38)19-24(2)3)35-32(40)27(20-25-13-8-6-9-14-25)22-43(42)18-17-37(4)23-34/h1,6,8-9,13-14,24,26-31,38-39H,7,10-12,15-23H2,2-4H3,(H,35,40)(H,36,41)/t27-,28+,29+,30+,31-,43?/m1/s1. The second kappa shape index (κ2) is 19.9. The quantitative estimate of drug-likeness (QED) is 0.139. The topological polar surface area (TPSA) is 119 Å². The molecule has 0 radical (unpaired) electrons. The fourth-order valence-corrected chi connectivity index (χ4v) is 7.01. The van der Waals surface area contributed by atoms with Gasteiger partial charge < -0.3 is 20.8 Å². The van der Waals surface area contributed by atoms with Crippen LogP contribution in [0, 0.1) is 30.1 Å². The Kier molecular flexibility index (Phi) is 17.0. The minimum atomic E-state index is -1.40. The molecule has 0 aromatic heterocycles. The molecule has 6 atom stereocenters. The Morgan fingerprint density at radius 2 is 1.79 bits per heavy atom. The monoisotopic (exact) mass is 621 g/mol. The van der Waals surface area contributed by atoms with E-state index in [-0.39, 0.29) is 30.4 Å². The van der Waals surface area contributed by atoms with Crippen molar-refractivity contribution in [3.63, 3.8) is 0 Å². The summed E-state index contributed by atoms with van der Waals surface area (Å²) in [5.74, 6) is 1.54. The minimum absolute atomic E-state index is 0.0512. The SMILES string of the molecule is C#CC[C@H](NC(=O)[C@H](Cc1ccccc1)CS(=O)CCN(C)CF)C(=O)N[C@@H](CC1CCCCC1)[C@@H](O)[C@@H](O)CC(C)C. The lowest BCUT2D eigenvalue weighted by atomic mass is 9.82. The zero-order chi connectivity index (χ0) is 31.8. The molecule has 1 aromatic carbocycles. The summed E-state index contributed by atoms with van der Waals surface area (Å²) in [6, 6.07) is 7.59. The number of nitrogens with one attached hydrogen (secondary N) is 2. The zero-order valence-electron chi connectivity index (χ0n) is 26.1. The summed E-state index contributed by atoms with van der Waals surface area (Å²) in [5, 5.41) is 27.5. The van der Waals surface area contributed by atoms with Crippen LogP contribution >= 0.6 is 0 Å². The van der Waals surface area contributed by atoms with Crippen molar-refractivity contribution >= 4 is 22.6 Å². The molecule has 1 aromatic rings. The van der Waals surface area contributed by atoms with Crippen molar-refractivity contribution in [3.8, 4) is 12.3 Å². The molecule has 0 saturated heterocycles. The van der Waals surface area contributed by atoms with Crippen LogP contribution in [0.3, 0.4) is 0 Å². The number of nitrogens with zero attached hydrogens (tertiary/aromatic N) is 1. The Hall–Kier alpha value is -2.32. The number of benzene rings is 1.